The number of aliphatic hydroxyl groups excluding tert-OH is 1. The molecule has 1 unspecified atom stereocenters. The summed E-state index contributed by atoms with van der Waals surface area (Å²) in [6, 6.07) is 15.9. The van der Waals surface area contributed by atoms with E-state index in [0.29, 0.717) is 24.2 Å². The number of benzene rings is 3. The molecule has 0 aliphatic carbocycles. The van der Waals surface area contributed by atoms with Gasteiger partial charge in [-0.05, 0) is 60.0 Å². The van der Waals surface area contributed by atoms with Crippen molar-refractivity contribution >= 4 is 27.4 Å². The highest BCUT2D eigenvalue weighted by Gasteiger charge is 2.37. The SMILES string of the molecule is CCCCC1CN(c2ccccc2)c2cc(CO)c(-c3cc(C(=O)OC)ccc3F)cc2S(=O)(=O)N1C. The molecule has 0 saturated carbocycles. The van der Waals surface area contributed by atoms with E-state index in [4.69, 9.17) is 4.74 Å². The number of anilines is 2. The minimum atomic E-state index is -3.98. The highest BCUT2D eigenvalue weighted by molar-refractivity contribution is 7.89. The second-order valence-corrected chi connectivity index (χ2v) is 11.1. The number of methoxy groups -OCH3 is 1. The zero-order chi connectivity index (χ0) is 26.7. The van der Waals surface area contributed by atoms with Crippen molar-refractivity contribution < 1.29 is 27.4 Å². The van der Waals surface area contributed by atoms with Gasteiger partial charge >= 0.3 is 5.97 Å². The summed E-state index contributed by atoms with van der Waals surface area (Å²) in [6.07, 6.45) is 2.47. The summed E-state index contributed by atoms with van der Waals surface area (Å²) in [4.78, 5) is 14.1. The molecule has 0 aromatic heterocycles. The van der Waals surface area contributed by atoms with E-state index in [1.807, 2.05) is 35.2 Å². The van der Waals surface area contributed by atoms with Crippen LogP contribution < -0.4 is 4.90 Å². The van der Waals surface area contributed by atoms with Gasteiger partial charge in [-0.2, -0.15) is 4.31 Å². The van der Waals surface area contributed by atoms with Gasteiger partial charge in [0.1, 0.15) is 10.7 Å². The van der Waals surface area contributed by atoms with Gasteiger partial charge in [-0.25, -0.2) is 17.6 Å². The van der Waals surface area contributed by atoms with Crippen LogP contribution in [0.3, 0.4) is 0 Å². The molecule has 1 atom stereocenters. The fraction of sp³-hybridized carbons (Fsp3) is 0.321. The molecule has 0 bridgehead atoms. The largest absolute Gasteiger partial charge is 0.465 e. The van der Waals surface area contributed by atoms with Gasteiger partial charge in [0.15, 0.2) is 0 Å². The second-order valence-electron chi connectivity index (χ2n) is 9.08. The Labute approximate surface area is 217 Å². The smallest absolute Gasteiger partial charge is 0.337 e. The Hall–Kier alpha value is -3.27. The van der Waals surface area contributed by atoms with Crippen molar-refractivity contribution in [1.82, 2.24) is 4.31 Å². The predicted octanol–water partition coefficient (Wildman–Crippen LogP) is 5.10. The van der Waals surface area contributed by atoms with E-state index in [2.05, 4.69) is 6.92 Å². The zero-order valence-corrected chi connectivity index (χ0v) is 22.0. The van der Waals surface area contributed by atoms with Gasteiger partial charge < -0.3 is 14.7 Å². The minimum Gasteiger partial charge on any atom is -0.465 e. The topological polar surface area (TPSA) is 87.1 Å². The van der Waals surface area contributed by atoms with Crippen LogP contribution in [0.15, 0.2) is 65.6 Å². The fourth-order valence-electron chi connectivity index (χ4n) is 4.73. The number of carbonyl (C=O) groups is 1. The quantitative estimate of drug-likeness (QED) is 0.431. The third kappa shape index (κ3) is 5.12. The van der Waals surface area contributed by atoms with Gasteiger partial charge in [0, 0.05) is 30.9 Å². The lowest BCUT2D eigenvalue weighted by Gasteiger charge is -2.29. The van der Waals surface area contributed by atoms with E-state index < -0.39 is 28.4 Å². The Kier molecular flexibility index (Phi) is 7.96. The number of hydrogen-bond donors (Lipinski definition) is 1. The lowest BCUT2D eigenvalue weighted by molar-refractivity contribution is 0.0600. The molecular formula is C28H31FN2O5S. The number of sulfonamides is 1. The number of ether oxygens (including phenoxy) is 1. The summed E-state index contributed by atoms with van der Waals surface area (Å²) in [6.45, 7) is 2.02. The first kappa shape index (κ1) is 26.8. The highest BCUT2D eigenvalue weighted by Crippen LogP contribution is 2.42. The van der Waals surface area contributed by atoms with Gasteiger partial charge in [-0.15, -0.1) is 0 Å². The minimum absolute atomic E-state index is 0.00523. The summed E-state index contributed by atoms with van der Waals surface area (Å²) in [5.74, 6) is -1.30. The first-order chi connectivity index (χ1) is 17.7. The molecule has 3 aromatic carbocycles. The standard InChI is InChI=1S/C28H31FN2O5S/c1-4-5-9-22-17-31(21-10-7-6-8-11-21)26-15-20(18-32)23(16-27(26)37(34,35)30(22)2)24-14-19(28(33)36-3)12-13-25(24)29/h6-8,10-16,22,32H,4-5,9,17-18H2,1-3H3. The third-order valence-corrected chi connectivity index (χ3v) is 8.79. The Morgan fingerprint density at radius 3 is 2.49 bits per heavy atom. The van der Waals surface area contributed by atoms with E-state index in [-0.39, 0.29) is 27.6 Å². The first-order valence-corrected chi connectivity index (χ1v) is 13.6. The third-order valence-electron chi connectivity index (χ3n) is 6.85. The summed E-state index contributed by atoms with van der Waals surface area (Å²) >= 11 is 0. The van der Waals surface area contributed by atoms with Crippen molar-refractivity contribution in [3.63, 3.8) is 0 Å². The molecule has 196 valence electrons. The number of esters is 1. The van der Waals surface area contributed by atoms with Crippen molar-refractivity contribution in [2.24, 2.45) is 0 Å². The van der Waals surface area contributed by atoms with Crippen molar-refractivity contribution in [3.05, 3.63) is 77.6 Å². The lowest BCUT2D eigenvalue weighted by atomic mass is 9.96. The van der Waals surface area contributed by atoms with Crippen LogP contribution in [0.5, 0.6) is 0 Å². The Morgan fingerprint density at radius 1 is 1.11 bits per heavy atom. The van der Waals surface area contributed by atoms with Gasteiger partial charge in [0.2, 0.25) is 10.0 Å². The maximum Gasteiger partial charge on any atom is 0.337 e. The number of nitrogens with zero attached hydrogens (tertiary/aromatic N) is 2. The molecule has 0 amide bonds. The Morgan fingerprint density at radius 2 is 1.84 bits per heavy atom. The monoisotopic (exact) mass is 526 g/mol. The summed E-state index contributed by atoms with van der Waals surface area (Å²) in [5, 5.41) is 10.3. The van der Waals surface area contributed by atoms with Gasteiger partial charge in [0.25, 0.3) is 0 Å². The normalized spacial score (nSPS) is 17.2. The molecular weight excluding hydrogens is 495 g/mol. The van der Waals surface area contributed by atoms with Gasteiger partial charge in [-0.3, -0.25) is 0 Å². The van der Waals surface area contributed by atoms with Crippen LogP contribution in [0, 0.1) is 5.82 Å². The molecule has 0 saturated heterocycles. The van der Waals surface area contributed by atoms with Crippen LogP contribution in [-0.2, 0) is 21.4 Å². The molecule has 0 spiro atoms. The number of fused-ring (bicyclic) bond motifs is 1. The number of unbranched alkanes of at least 4 members (excludes halogenated alkanes) is 1. The van der Waals surface area contributed by atoms with Crippen LogP contribution in [0.4, 0.5) is 15.8 Å². The molecule has 1 aliphatic heterocycles. The molecule has 0 radical (unpaired) electrons. The van der Waals surface area contributed by atoms with Crippen LogP contribution in [0.2, 0.25) is 0 Å². The molecule has 4 rings (SSSR count). The van der Waals surface area contributed by atoms with E-state index in [9.17, 15) is 18.3 Å². The molecule has 0 fully saturated rings. The first-order valence-electron chi connectivity index (χ1n) is 12.2. The van der Waals surface area contributed by atoms with E-state index in [0.717, 1.165) is 24.6 Å². The van der Waals surface area contributed by atoms with E-state index >= 15 is 4.39 Å². The number of carbonyl (C=O) groups excluding carboxylic acids is 1. The number of aliphatic hydroxyl groups is 1. The van der Waals surface area contributed by atoms with Gasteiger partial charge in [0.05, 0.1) is 25.0 Å². The van der Waals surface area contributed by atoms with Gasteiger partial charge in [-0.1, -0.05) is 38.0 Å². The van der Waals surface area contributed by atoms with Crippen LogP contribution >= 0.6 is 0 Å². The molecule has 37 heavy (non-hydrogen) atoms. The summed E-state index contributed by atoms with van der Waals surface area (Å²) in [5.41, 5.74) is 1.88. The number of likely N-dealkylation sites (N-methyl/N-ethyl adjacent to an activating group) is 1. The average molecular weight is 527 g/mol. The maximum absolute atomic E-state index is 15.1. The Bertz CT molecular complexity index is 1400. The summed E-state index contributed by atoms with van der Waals surface area (Å²) in [7, 11) is -1.18. The lowest BCUT2D eigenvalue weighted by Crippen LogP contribution is -2.40. The molecule has 1 N–H and O–H groups in total. The average Bonchev–Trinajstić information content (AvgIpc) is 2.99. The van der Waals surface area contributed by atoms with Crippen LogP contribution in [0.25, 0.3) is 11.1 Å². The number of hydrogen-bond acceptors (Lipinski definition) is 6. The van der Waals surface area contributed by atoms with Crippen molar-refractivity contribution in [2.45, 2.75) is 43.7 Å². The molecule has 1 heterocycles. The predicted molar refractivity (Wildman–Crippen MR) is 141 cm³/mol. The fourth-order valence-corrected chi connectivity index (χ4v) is 6.30. The number of rotatable bonds is 7. The summed E-state index contributed by atoms with van der Waals surface area (Å²) < 4.78 is 49.1. The van der Waals surface area contributed by atoms with E-state index in [1.165, 1.54) is 29.6 Å². The highest BCUT2D eigenvalue weighted by atomic mass is 32.2. The molecule has 9 heteroatoms. The van der Waals surface area contributed by atoms with Crippen LogP contribution in [0.1, 0.15) is 42.1 Å². The zero-order valence-electron chi connectivity index (χ0n) is 21.1. The number of para-hydroxylation sites is 1. The molecule has 3 aromatic rings. The maximum atomic E-state index is 15.1. The van der Waals surface area contributed by atoms with E-state index in [1.54, 1.807) is 13.1 Å². The van der Waals surface area contributed by atoms with Crippen LogP contribution in [-0.4, -0.2) is 50.5 Å². The second kappa shape index (κ2) is 11.0. The van der Waals surface area contributed by atoms with Crippen molar-refractivity contribution in [1.29, 1.82) is 0 Å². The number of halogens is 1. The molecule has 7 nitrogen and oxygen atoms in total. The molecule has 1 aliphatic rings. The van der Waals surface area contributed by atoms with Crippen molar-refractivity contribution in [2.75, 3.05) is 25.6 Å². The Balaban J connectivity index is 1.99. The van der Waals surface area contributed by atoms with Crippen molar-refractivity contribution in [3.8, 4) is 11.1 Å².